The molecule has 0 saturated heterocycles. The Morgan fingerprint density at radius 1 is 1.04 bits per heavy atom. The molecule has 7 heteroatoms. The van der Waals surface area contributed by atoms with Crippen LogP contribution in [0.4, 0.5) is 5.69 Å². The van der Waals surface area contributed by atoms with E-state index in [4.69, 9.17) is 9.47 Å². The summed E-state index contributed by atoms with van der Waals surface area (Å²) in [5.41, 5.74) is 1.53. The molecular formula is C16H16BrNO4S. The lowest BCUT2D eigenvalue weighted by Gasteiger charge is -2.12. The van der Waals surface area contributed by atoms with E-state index >= 15 is 0 Å². The fourth-order valence-electron chi connectivity index (χ4n) is 2.18. The summed E-state index contributed by atoms with van der Waals surface area (Å²) in [5, 5.41) is 0. The SMILES string of the molecule is Cc1ccc(NS(=O)(=O)c2ccc3c(c2)OCCCO3)cc1Br. The summed E-state index contributed by atoms with van der Waals surface area (Å²) in [6.07, 6.45) is 0.770. The van der Waals surface area contributed by atoms with Crippen molar-refractivity contribution in [1.82, 2.24) is 0 Å². The van der Waals surface area contributed by atoms with E-state index in [1.165, 1.54) is 12.1 Å². The van der Waals surface area contributed by atoms with Crippen molar-refractivity contribution in [2.75, 3.05) is 17.9 Å². The van der Waals surface area contributed by atoms with Gasteiger partial charge in [0, 0.05) is 22.6 Å². The van der Waals surface area contributed by atoms with Gasteiger partial charge in [0.15, 0.2) is 11.5 Å². The van der Waals surface area contributed by atoms with Crippen LogP contribution in [0.1, 0.15) is 12.0 Å². The molecular weight excluding hydrogens is 382 g/mol. The highest BCUT2D eigenvalue weighted by Gasteiger charge is 2.19. The highest BCUT2D eigenvalue weighted by Crippen LogP contribution is 2.32. The Morgan fingerprint density at radius 2 is 1.78 bits per heavy atom. The van der Waals surface area contributed by atoms with E-state index in [1.807, 2.05) is 13.0 Å². The first kappa shape index (κ1) is 16.1. The van der Waals surface area contributed by atoms with Crippen LogP contribution in [0.3, 0.4) is 0 Å². The lowest BCUT2D eigenvalue weighted by atomic mass is 10.2. The van der Waals surface area contributed by atoms with Gasteiger partial charge in [0.05, 0.1) is 18.1 Å². The van der Waals surface area contributed by atoms with E-state index in [1.54, 1.807) is 18.2 Å². The monoisotopic (exact) mass is 397 g/mol. The smallest absolute Gasteiger partial charge is 0.262 e. The topological polar surface area (TPSA) is 64.6 Å². The van der Waals surface area contributed by atoms with Gasteiger partial charge < -0.3 is 9.47 Å². The van der Waals surface area contributed by atoms with Crippen molar-refractivity contribution in [3.05, 3.63) is 46.4 Å². The van der Waals surface area contributed by atoms with Crippen LogP contribution in [0.15, 0.2) is 45.8 Å². The predicted molar refractivity (Wildman–Crippen MR) is 91.7 cm³/mol. The zero-order valence-electron chi connectivity index (χ0n) is 12.5. The van der Waals surface area contributed by atoms with Crippen LogP contribution in [-0.2, 0) is 10.0 Å². The molecule has 0 unspecified atom stereocenters. The molecule has 0 radical (unpaired) electrons. The number of benzene rings is 2. The van der Waals surface area contributed by atoms with Crippen molar-refractivity contribution in [1.29, 1.82) is 0 Å². The summed E-state index contributed by atoms with van der Waals surface area (Å²) in [5.74, 6) is 1.02. The summed E-state index contributed by atoms with van der Waals surface area (Å²) in [4.78, 5) is 0.137. The Morgan fingerprint density at radius 3 is 2.52 bits per heavy atom. The Balaban J connectivity index is 1.90. The number of hydrogen-bond acceptors (Lipinski definition) is 4. The third-order valence-corrected chi connectivity index (χ3v) is 5.69. The average molecular weight is 398 g/mol. The standard InChI is InChI=1S/C16H16BrNO4S/c1-11-3-4-12(9-14(11)17)18-23(19,20)13-5-6-15-16(10-13)22-8-2-7-21-15/h3-6,9-10,18H,2,7-8H2,1H3. The molecule has 23 heavy (non-hydrogen) atoms. The molecule has 1 heterocycles. The number of sulfonamides is 1. The maximum absolute atomic E-state index is 12.5. The van der Waals surface area contributed by atoms with Crippen LogP contribution >= 0.6 is 15.9 Å². The van der Waals surface area contributed by atoms with Crippen LogP contribution in [0.2, 0.25) is 0 Å². The molecule has 3 rings (SSSR count). The van der Waals surface area contributed by atoms with Gasteiger partial charge in [-0.15, -0.1) is 0 Å². The lowest BCUT2D eigenvalue weighted by Crippen LogP contribution is -2.13. The first-order valence-corrected chi connectivity index (χ1v) is 9.42. The van der Waals surface area contributed by atoms with Crippen LogP contribution in [0.5, 0.6) is 11.5 Å². The molecule has 0 saturated carbocycles. The summed E-state index contributed by atoms with van der Waals surface area (Å²) in [7, 11) is -3.69. The normalized spacial score (nSPS) is 14.2. The lowest BCUT2D eigenvalue weighted by molar-refractivity contribution is 0.297. The van der Waals surface area contributed by atoms with Crippen molar-refractivity contribution in [3.8, 4) is 11.5 Å². The second kappa shape index (κ2) is 6.41. The molecule has 0 aliphatic carbocycles. The van der Waals surface area contributed by atoms with Gasteiger partial charge in [-0.1, -0.05) is 22.0 Å². The zero-order valence-corrected chi connectivity index (χ0v) is 14.9. The second-order valence-electron chi connectivity index (χ2n) is 5.23. The first-order valence-electron chi connectivity index (χ1n) is 7.14. The molecule has 2 aromatic carbocycles. The summed E-state index contributed by atoms with van der Waals surface area (Å²) in [6, 6.07) is 9.93. The molecule has 0 amide bonds. The number of fused-ring (bicyclic) bond motifs is 1. The van der Waals surface area contributed by atoms with Gasteiger partial charge in [-0.05, 0) is 36.8 Å². The Bertz CT molecular complexity index is 836. The van der Waals surface area contributed by atoms with Gasteiger partial charge in [0.25, 0.3) is 10.0 Å². The molecule has 5 nitrogen and oxygen atoms in total. The molecule has 0 atom stereocenters. The molecule has 1 aliphatic heterocycles. The van der Waals surface area contributed by atoms with Crippen molar-refractivity contribution < 1.29 is 17.9 Å². The number of anilines is 1. The van der Waals surface area contributed by atoms with Crippen molar-refractivity contribution in [2.45, 2.75) is 18.2 Å². The van der Waals surface area contributed by atoms with Gasteiger partial charge in [-0.2, -0.15) is 0 Å². The minimum atomic E-state index is -3.69. The molecule has 1 N–H and O–H groups in total. The number of aryl methyl sites for hydroxylation is 1. The van der Waals surface area contributed by atoms with Crippen LogP contribution < -0.4 is 14.2 Å². The van der Waals surface area contributed by atoms with E-state index < -0.39 is 10.0 Å². The molecule has 0 aromatic heterocycles. The first-order chi connectivity index (χ1) is 11.0. The van der Waals surface area contributed by atoms with Crippen LogP contribution in [0.25, 0.3) is 0 Å². The maximum Gasteiger partial charge on any atom is 0.262 e. The van der Waals surface area contributed by atoms with Crippen LogP contribution in [-0.4, -0.2) is 21.6 Å². The summed E-state index contributed by atoms with van der Waals surface area (Å²) in [6.45, 7) is 3.01. The number of rotatable bonds is 3. The molecule has 0 spiro atoms. The van der Waals surface area contributed by atoms with E-state index in [0.29, 0.717) is 30.4 Å². The number of nitrogens with one attached hydrogen (secondary N) is 1. The number of ether oxygens (including phenoxy) is 2. The van der Waals surface area contributed by atoms with Gasteiger partial charge in [0.2, 0.25) is 0 Å². The minimum absolute atomic E-state index is 0.137. The highest BCUT2D eigenvalue weighted by atomic mass is 79.9. The molecule has 2 aromatic rings. The molecule has 0 fully saturated rings. The summed E-state index contributed by atoms with van der Waals surface area (Å²) >= 11 is 3.40. The van der Waals surface area contributed by atoms with Gasteiger partial charge in [-0.25, -0.2) is 8.42 Å². The Kier molecular flexibility index (Phi) is 4.50. The van der Waals surface area contributed by atoms with E-state index in [-0.39, 0.29) is 4.90 Å². The fourth-order valence-corrected chi connectivity index (χ4v) is 3.62. The Hall–Kier alpha value is -1.73. The van der Waals surface area contributed by atoms with Crippen molar-refractivity contribution in [2.24, 2.45) is 0 Å². The number of hydrogen-bond donors (Lipinski definition) is 1. The third-order valence-electron chi connectivity index (χ3n) is 3.45. The quantitative estimate of drug-likeness (QED) is 0.856. The fraction of sp³-hybridized carbons (Fsp3) is 0.250. The predicted octanol–water partition coefficient (Wildman–Crippen LogP) is 3.72. The Labute approximate surface area is 143 Å². The summed E-state index contributed by atoms with van der Waals surface area (Å²) < 4.78 is 39.6. The van der Waals surface area contributed by atoms with E-state index in [0.717, 1.165) is 16.5 Å². The minimum Gasteiger partial charge on any atom is -0.490 e. The van der Waals surface area contributed by atoms with Gasteiger partial charge in [-0.3, -0.25) is 4.72 Å². The van der Waals surface area contributed by atoms with Crippen molar-refractivity contribution in [3.63, 3.8) is 0 Å². The number of halogens is 1. The van der Waals surface area contributed by atoms with E-state index in [9.17, 15) is 8.42 Å². The van der Waals surface area contributed by atoms with Gasteiger partial charge >= 0.3 is 0 Å². The highest BCUT2D eigenvalue weighted by molar-refractivity contribution is 9.10. The molecule has 1 aliphatic rings. The second-order valence-corrected chi connectivity index (χ2v) is 7.77. The van der Waals surface area contributed by atoms with E-state index in [2.05, 4.69) is 20.7 Å². The van der Waals surface area contributed by atoms with Crippen molar-refractivity contribution >= 4 is 31.6 Å². The largest absolute Gasteiger partial charge is 0.490 e. The zero-order chi connectivity index (χ0) is 16.4. The molecule has 0 bridgehead atoms. The third kappa shape index (κ3) is 3.61. The van der Waals surface area contributed by atoms with Gasteiger partial charge in [0.1, 0.15) is 0 Å². The maximum atomic E-state index is 12.5. The average Bonchev–Trinajstić information content (AvgIpc) is 2.75. The molecule has 122 valence electrons. The van der Waals surface area contributed by atoms with Crippen LogP contribution in [0, 0.1) is 6.92 Å².